The van der Waals surface area contributed by atoms with Crippen molar-refractivity contribution in [3.05, 3.63) is 131 Å². The van der Waals surface area contributed by atoms with Crippen LogP contribution in [0.3, 0.4) is 0 Å². The molecule has 5 aromatic carbocycles. The van der Waals surface area contributed by atoms with E-state index in [-0.39, 0.29) is 10.8 Å². The summed E-state index contributed by atoms with van der Waals surface area (Å²) in [5.41, 5.74) is 14.0. The first kappa shape index (κ1) is 25.2. The summed E-state index contributed by atoms with van der Waals surface area (Å²) < 4.78 is 6.43. The van der Waals surface area contributed by atoms with E-state index in [4.69, 9.17) is 4.74 Å². The van der Waals surface area contributed by atoms with E-state index >= 15 is 0 Å². The monoisotopic (exact) mass is 570 g/mol. The van der Waals surface area contributed by atoms with Crippen LogP contribution in [0.5, 0.6) is 11.5 Å². The zero-order chi connectivity index (χ0) is 29.2. The molecule has 5 aromatic rings. The van der Waals surface area contributed by atoms with Crippen molar-refractivity contribution < 1.29 is 4.74 Å². The van der Waals surface area contributed by atoms with Crippen molar-refractivity contribution >= 4 is 0 Å². The fourth-order valence-corrected chi connectivity index (χ4v) is 11.0. The van der Waals surface area contributed by atoms with E-state index in [1.54, 1.807) is 11.1 Å². The molecular weight excluding hydrogens is 532 g/mol. The summed E-state index contributed by atoms with van der Waals surface area (Å²) in [5, 5.41) is 0. The SMILES string of the molecule is CC1(C)c2ccccc2Oc2ccc(-c3ccccc3-c3cccc4c3-c3ccccc3C43C4CC5CC(C4)CC3C5)cc21. The molecule has 4 saturated carbocycles. The molecular formula is C43H38O. The Morgan fingerprint density at radius 3 is 1.86 bits per heavy atom. The summed E-state index contributed by atoms with van der Waals surface area (Å²) in [4.78, 5) is 0. The van der Waals surface area contributed by atoms with E-state index < -0.39 is 0 Å². The third kappa shape index (κ3) is 3.15. The molecule has 11 rings (SSSR count). The molecule has 4 fully saturated rings. The van der Waals surface area contributed by atoms with Gasteiger partial charge in [-0.15, -0.1) is 0 Å². The van der Waals surface area contributed by atoms with Crippen molar-refractivity contribution in [3.63, 3.8) is 0 Å². The Balaban J connectivity index is 1.16. The molecule has 1 heterocycles. The van der Waals surface area contributed by atoms with Crippen LogP contribution < -0.4 is 4.74 Å². The summed E-state index contributed by atoms with van der Waals surface area (Å²) >= 11 is 0. The van der Waals surface area contributed by atoms with Crippen LogP contribution in [0.1, 0.15) is 68.2 Å². The molecule has 0 saturated heterocycles. The fraction of sp³-hybridized carbons (Fsp3) is 0.302. The van der Waals surface area contributed by atoms with Gasteiger partial charge in [0.1, 0.15) is 11.5 Å². The van der Waals surface area contributed by atoms with Crippen molar-refractivity contribution in [2.45, 2.75) is 56.8 Å². The van der Waals surface area contributed by atoms with Gasteiger partial charge in [0.15, 0.2) is 0 Å². The van der Waals surface area contributed by atoms with Gasteiger partial charge in [0.25, 0.3) is 0 Å². The molecule has 44 heavy (non-hydrogen) atoms. The van der Waals surface area contributed by atoms with Gasteiger partial charge in [-0.2, -0.15) is 0 Å². The Morgan fingerprint density at radius 1 is 0.500 bits per heavy atom. The Morgan fingerprint density at radius 2 is 1.09 bits per heavy atom. The predicted octanol–water partition coefficient (Wildman–Crippen LogP) is 11.2. The number of ether oxygens (including phenoxy) is 1. The van der Waals surface area contributed by atoms with Crippen molar-refractivity contribution in [2.75, 3.05) is 0 Å². The van der Waals surface area contributed by atoms with Crippen molar-refractivity contribution in [1.29, 1.82) is 0 Å². The number of rotatable bonds is 2. The van der Waals surface area contributed by atoms with Crippen molar-refractivity contribution in [2.24, 2.45) is 23.7 Å². The molecule has 0 atom stereocenters. The zero-order valence-corrected chi connectivity index (χ0v) is 25.6. The molecule has 216 valence electrons. The van der Waals surface area contributed by atoms with Gasteiger partial charge in [-0.25, -0.2) is 0 Å². The number of hydrogen-bond acceptors (Lipinski definition) is 1. The minimum atomic E-state index is -0.145. The molecule has 1 heteroatoms. The van der Waals surface area contributed by atoms with E-state index in [1.807, 2.05) is 0 Å². The average molecular weight is 571 g/mol. The molecule has 1 aliphatic heterocycles. The second kappa shape index (κ2) is 8.75. The van der Waals surface area contributed by atoms with Gasteiger partial charge in [0.05, 0.1) is 0 Å². The predicted molar refractivity (Wildman–Crippen MR) is 179 cm³/mol. The summed E-state index contributed by atoms with van der Waals surface area (Å²) in [6.45, 7) is 4.66. The summed E-state index contributed by atoms with van der Waals surface area (Å²) in [6.07, 6.45) is 7.14. The molecule has 0 radical (unpaired) electrons. The van der Waals surface area contributed by atoms with Gasteiger partial charge >= 0.3 is 0 Å². The first-order chi connectivity index (χ1) is 21.5. The van der Waals surface area contributed by atoms with Gasteiger partial charge in [-0.05, 0) is 118 Å². The highest BCUT2D eigenvalue weighted by molar-refractivity contribution is 5.97. The van der Waals surface area contributed by atoms with Gasteiger partial charge in [-0.1, -0.05) is 105 Å². The summed E-state index contributed by atoms with van der Waals surface area (Å²) in [7, 11) is 0. The summed E-state index contributed by atoms with van der Waals surface area (Å²) in [5.74, 6) is 5.39. The fourth-order valence-electron chi connectivity index (χ4n) is 11.0. The Labute approximate surface area is 260 Å². The van der Waals surface area contributed by atoms with Crippen LogP contribution >= 0.6 is 0 Å². The number of hydrogen-bond donors (Lipinski definition) is 0. The number of fused-ring (bicyclic) bond motifs is 5. The van der Waals surface area contributed by atoms with Crippen molar-refractivity contribution in [3.8, 4) is 44.9 Å². The molecule has 6 aliphatic rings. The van der Waals surface area contributed by atoms with E-state index in [0.717, 1.165) is 35.2 Å². The first-order valence-corrected chi connectivity index (χ1v) is 16.8. The van der Waals surface area contributed by atoms with Crippen LogP contribution in [0.25, 0.3) is 33.4 Å². The third-order valence-corrected chi connectivity index (χ3v) is 12.5. The quantitative estimate of drug-likeness (QED) is 0.205. The van der Waals surface area contributed by atoms with E-state index in [9.17, 15) is 0 Å². The lowest BCUT2D eigenvalue weighted by molar-refractivity contribution is -0.0399. The molecule has 0 amide bonds. The maximum absolute atomic E-state index is 6.43. The highest BCUT2D eigenvalue weighted by Crippen LogP contribution is 2.70. The van der Waals surface area contributed by atoms with Crippen LogP contribution in [0, 0.1) is 23.7 Å². The molecule has 5 aliphatic carbocycles. The lowest BCUT2D eigenvalue weighted by Gasteiger charge is -2.61. The van der Waals surface area contributed by atoms with Gasteiger partial charge < -0.3 is 4.74 Å². The minimum Gasteiger partial charge on any atom is -0.457 e. The molecule has 0 aromatic heterocycles. The normalized spacial score (nSPS) is 27.8. The minimum absolute atomic E-state index is 0.145. The summed E-state index contributed by atoms with van der Waals surface area (Å²) in [6, 6.07) is 41.2. The Bertz CT molecular complexity index is 1960. The van der Waals surface area contributed by atoms with E-state index in [0.29, 0.717) is 0 Å². The largest absolute Gasteiger partial charge is 0.457 e. The third-order valence-electron chi connectivity index (χ3n) is 12.5. The number of benzene rings is 5. The first-order valence-electron chi connectivity index (χ1n) is 16.8. The second-order valence-electron chi connectivity index (χ2n) is 14.9. The lowest BCUT2D eigenvalue weighted by atomic mass is 9.43. The second-order valence-corrected chi connectivity index (χ2v) is 14.9. The Hall–Kier alpha value is -4.10. The van der Waals surface area contributed by atoms with E-state index in [2.05, 4.69) is 123 Å². The van der Waals surface area contributed by atoms with Crippen LogP contribution in [0.2, 0.25) is 0 Å². The van der Waals surface area contributed by atoms with Crippen LogP contribution in [-0.2, 0) is 10.8 Å². The van der Waals surface area contributed by atoms with Gasteiger partial charge in [0.2, 0.25) is 0 Å². The molecule has 4 bridgehead atoms. The molecule has 0 N–H and O–H groups in total. The van der Waals surface area contributed by atoms with Gasteiger partial charge in [0, 0.05) is 22.0 Å². The smallest absolute Gasteiger partial charge is 0.131 e. The van der Waals surface area contributed by atoms with Crippen LogP contribution in [0.4, 0.5) is 0 Å². The standard InChI is InChI=1S/C43H38O/c1-42(2)36-15-7-8-17-39(36)44-40-19-18-28(25-38(40)42)31-10-3-4-11-32(31)33-13-9-16-37-41(33)34-12-5-6-14-35(34)43(37)29-21-26-20-27(23-29)24-30(43)22-26/h3-19,25-27,29-30H,20-24H2,1-2H3. The van der Waals surface area contributed by atoms with E-state index in [1.165, 1.54) is 76.6 Å². The highest BCUT2D eigenvalue weighted by Gasteiger charge is 2.61. The zero-order valence-electron chi connectivity index (χ0n) is 25.6. The topological polar surface area (TPSA) is 9.23 Å². The maximum atomic E-state index is 6.43. The average Bonchev–Trinajstić information content (AvgIpc) is 3.34. The molecule has 1 spiro atoms. The number of para-hydroxylation sites is 1. The van der Waals surface area contributed by atoms with Gasteiger partial charge in [-0.3, -0.25) is 0 Å². The Kier molecular flexibility index (Phi) is 5.02. The highest BCUT2D eigenvalue weighted by atomic mass is 16.5. The lowest BCUT2D eigenvalue weighted by Crippen LogP contribution is -2.55. The molecule has 0 unspecified atom stereocenters. The molecule has 1 nitrogen and oxygen atoms in total. The van der Waals surface area contributed by atoms with Crippen LogP contribution in [0.15, 0.2) is 109 Å². The van der Waals surface area contributed by atoms with Crippen LogP contribution in [-0.4, -0.2) is 0 Å². The maximum Gasteiger partial charge on any atom is 0.131 e. The van der Waals surface area contributed by atoms with Crippen molar-refractivity contribution in [1.82, 2.24) is 0 Å².